The summed E-state index contributed by atoms with van der Waals surface area (Å²) in [6.07, 6.45) is 4.32. The lowest BCUT2D eigenvalue weighted by Gasteiger charge is -2.28. The average molecular weight is 265 g/mol. The Kier molecular flexibility index (Phi) is 5.10. The molecule has 1 N–H and O–H groups in total. The van der Waals surface area contributed by atoms with E-state index in [0.29, 0.717) is 0 Å². The van der Waals surface area contributed by atoms with E-state index in [0.717, 1.165) is 31.7 Å². The van der Waals surface area contributed by atoms with Gasteiger partial charge >= 0.3 is 0 Å². The van der Waals surface area contributed by atoms with Crippen LogP contribution in [0, 0.1) is 0 Å². The second-order valence-corrected chi connectivity index (χ2v) is 6.50. The molecule has 2 nitrogen and oxygen atoms in total. The highest BCUT2D eigenvalue weighted by atomic mass is 32.2. The van der Waals surface area contributed by atoms with Crippen molar-refractivity contribution < 1.29 is 5.11 Å². The topological polar surface area (TPSA) is 23.5 Å². The van der Waals surface area contributed by atoms with Gasteiger partial charge in [0.15, 0.2) is 0 Å². The van der Waals surface area contributed by atoms with Gasteiger partial charge < -0.3 is 10.0 Å². The molecular formula is C15H23NOS. The highest BCUT2D eigenvalue weighted by Crippen LogP contribution is 2.30. The van der Waals surface area contributed by atoms with E-state index in [1.807, 2.05) is 17.8 Å². The van der Waals surface area contributed by atoms with E-state index in [2.05, 4.69) is 36.2 Å². The maximum Gasteiger partial charge on any atom is 0.0774 e. The molecule has 0 saturated heterocycles. The molecule has 0 spiro atoms. The van der Waals surface area contributed by atoms with E-state index in [4.69, 9.17) is 0 Å². The van der Waals surface area contributed by atoms with Crippen molar-refractivity contribution in [2.75, 3.05) is 25.9 Å². The Morgan fingerprint density at radius 3 is 2.56 bits per heavy atom. The Bertz CT molecular complexity index is 349. The molecule has 100 valence electrons. The number of nitrogens with zero attached hydrogens (tertiary/aromatic N) is 1. The van der Waals surface area contributed by atoms with Gasteiger partial charge in [-0.2, -0.15) is 0 Å². The lowest BCUT2D eigenvalue weighted by Crippen LogP contribution is -2.39. The molecule has 1 fully saturated rings. The van der Waals surface area contributed by atoms with Gasteiger partial charge in [0.2, 0.25) is 0 Å². The van der Waals surface area contributed by atoms with Crippen LogP contribution in [0.5, 0.6) is 0 Å². The predicted octanol–water partition coefficient (Wildman–Crippen LogP) is 3.02. The summed E-state index contributed by atoms with van der Waals surface area (Å²) in [4.78, 5) is 3.59. The number of rotatable bonds is 6. The summed E-state index contributed by atoms with van der Waals surface area (Å²) in [5.41, 5.74) is -0.411. The zero-order chi connectivity index (χ0) is 12.8. The van der Waals surface area contributed by atoms with Crippen molar-refractivity contribution in [3.05, 3.63) is 30.3 Å². The Hall–Kier alpha value is -0.510. The number of likely N-dealkylation sites (N-methyl/N-ethyl adjacent to an activating group) is 1. The van der Waals surface area contributed by atoms with Crippen molar-refractivity contribution in [3.63, 3.8) is 0 Å². The lowest BCUT2D eigenvalue weighted by atomic mass is 10.0. The van der Waals surface area contributed by atoms with Crippen LogP contribution in [0.15, 0.2) is 35.2 Å². The fourth-order valence-electron chi connectivity index (χ4n) is 2.61. The summed E-state index contributed by atoms with van der Waals surface area (Å²) >= 11 is 1.88. The first-order valence-electron chi connectivity index (χ1n) is 6.77. The first-order valence-corrected chi connectivity index (χ1v) is 7.75. The van der Waals surface area contributed by atoms with Crippen LogP contribution < -0.4 is 0 Å². The van der Waals surface area contributed by atoms with Gasteiger partial charge in [-0.15, -0.1) is 11.8 Å². The smallest absolute Gasteiger partial charge is 0.0774 e. The SMILES string of the molecule is CN(CCSc1ccccc1)CC1(O)CCCC1. The van der Waals surface area contributed by atoms with Crippen LogP contribution in [0.4, 0.5) is 0 Å². The minimum Gasteiger partial charge on any atom is -0.389 e. The molecule has 0 aliphatic heterocycles. The Morgan fingerprint density at radius 2 is 1.89 bits per heavy atom. The first kappa shape index (κ1) is 13.9. The number of hydrogen-bond acceptors (Lipinski definition) is 3. The van der Waals surface area contributed by atoms with Crippen molar-refractivity contribution in [2.24, 2.45) is 0 Å². The summed E-state index contributed by atoms with van der Waals surface area (Å²) in [6, 6.07) is 10.5. The van der Waals surface area contributed by atoms with E-state index in [-0.39, 0.29) is 0 Å². The molecule has 0 aromatic heterocycles. The van der Waals surface area contributed by atoms with E-state index in [1.54, 1.807) is 0 Å². The predicted molar refractivity (Wildman–Crippen MR) is 78.1 cm³/mol. The van der Waals surface area contributed by atoms with Crippen molar-refractivity contribution in [3.8, 4) is 0 Å². The lowest BCUT2D eigenvalue weighted by molar-refractivity contribution is 0.0180. The monoisotopic (exact) mass is 265 g/mol. The molecule has 1 aliphatic rings. The van der Waals surface area contributed by atoms with Crippen LogP contribution in [0.25, 0.3) is 0 Å². The fraction of sp³-hybridized carbons (Fsp3) is 0.600. The van der Waals surface area contributed by atoms with Crippen LogP contribution in [0.2, 0.25) is 0 Å². The molecule has 0 atom stereocenters. The Balaban J connectivity index is 1.67. The van der Waals surface area contributed by atoms with E-state index < -0.39 is 5.60 Å². The normalized spacial score (nSPS) is 18.4. The second kappa shape index (κ2) is 6.60. The van der Waals surface area contributed by atoms with Gasteiger partial charge in [0, 0.05) is 23.7 Å². The zero-order valence-corrected chi connectivity index (χ0v) is 12.0. The van der Waals surface area contributed by atoms with E-state index in [1.165, 1.54) is 17.7 Å². The zero-order valence-electron chi connectivity index (χ0n) is 11.1. The molecule has 1 aromatic rings. The van der Waals surface area contributed by atoms with Gasteiger partial charge in [-0.1, -0.05) is 31.0 Å². The quantitative estimate of drug-likeness (QED) is 0.800. The van der Waals surface area contributed by atoms with Gasteiger partial charge in [0.05, 0.1) is 5.60 Å². The minimum atomic E-state index is -0.411. The summed E-state index contributed by atoms with van der Waals surface area (Å²) in [7, 11) is 2.11. The number of hydrogen-bond donors (Lipinski definition) is 1. The number of thioether (sulfide) groups is 1. The summed E-state index contributed by atoms with van der Waals surface area (Å²) < 4.78 is 0. The molecule has 2 rings (SSSR count). The van der Waals surface area contributed by atoms with Gasteiger partial charge in [-0.3, -0.25) is 0 Å². The average Bonchev–Trinajstić information content (AvgIpc) is 2.77. The molecule has 0 unspecified atom stereocenters. The third-order valence-corrected chi connectivity index (χ3v) is 4.58. The third kappa shape index (κ3) is 4.30. The van der Waals surface area contributed by atoms with Gasteiger partial charge in [0.1, 0.15) is 0 Å². The molecule has 1 aliphatic carbocycles. The highest BCUT2D eigenvalue weighted by molar-refractivity contribution is 7.99. The van der Waals surface area contributed by atoms with E-state index in [9.17, 15) is 5.11 Å². The Morgan fingerprint density at radius 1 is 1.22 bits per heavy atom. The van der Waals surface area contributed by atoms with Crippen molar-refractivity contribution in [1.29, 1.82) is 0 Å². The molecule has 0 radical (unpaired) electrons. The summed E-state index contributed by atoms with van der Waals surface area (Å²) in [5, 5.41) is 10.3. The van der Waals surface area contributed by atoms with Crippen LogP contribution >= 0.6 is 11.8 Å². The second-order valence-electron chi connectivity index (χ2n) is 5.33. The van der Waals surface area contributed by atoms with E-state index >= 15 is 0 Å². The van der Waals surface area contributed by atoms with Crippen LogP contribution in [0.1, 0.15) is 25.7 Å². The molecular weight excluding hydrogens is 242 g/mol. The highest BCUT2D eigenvalue weighted by Gasteiger charge is 2.31. The third-order valence-electron chi connectivity index (χ3n) is 3.58. The molecule has 1 aromatic carbocycles. The maximum absolute atomic E-state index is 10.3. The van der Waals surface area contributed by atoms with Crippen LogP contribution in [-0.2, 0) is 0 Å². The standard InChI is InChI=1S/C15H23NOS/c1-16(13-15(17)9-5-6-10-15)11-12-18-14-7-3-2-4-8-14/h2-4,7-8,17H,5-6,9-13H2,1H3. The van der Waals surface area contributed by atoms with Crippen LogP contribution in [0.3, 0.4) is 0 Å². The largest absolute Gasteiger partial charge is 0.389 e. The van der Waals surface area contributed by atoms with Crippen LogP contribution in [-0.4, -0.2) is 41.5 Å². The Labute approximate surface area is 114 Å². The van der Waals surface area contributed by atoms with Crippen molar-refractivity contribution in [2.45, 2.75) is 36.2 Å². The molecule has 18 heavy (non-hydrogen) atoms. The molecule has 0 bridgehead atoms. The molecule has 0 heterocycles. The minimum absolute atomic E-state index is 0.411. The van der Waals surface area contributed by atoms with Gasteiger partial charge in [0.25, 0.3) is 0 Å². The summed E-state index contributed by atoms with van der Waals surface area (Å²) in [6.45, 7) is 1.85. The first-order chi connectivity index (χ1) is 8.68. The molecule has 0 amide bonds. The fourth-order valence-corrected chi connectivity index (χ4v) is 3.60. The van der Waals surface area contributed by atoms with Gasteiger partial charge in [-0.25, -0.2) is 0 Å². The van der Waals surface area contributed by atoms with Crippen molar-refractivity contribution >= 4 is 11.8 Å². The molecule has 1 saturated carbocycles. The summed E-state index contributed by atoms with van der Waals surface area (Å²) in [5.74, 6) is 1.08. The molecule has 3 heteroatoms. The van der Waals surface area contributed by atoms with Gasteiger partial charge in [-0.05, 0) is 32.0 Å². The number of aliphatic hydroxyl groups is 1. The van der Waals surface area contributed by atoms with Crippen molar-refractivity contribution in [1.82, 2.24) is 4.90 Å². The maximum atomic E-state index is 10.3. The number of benzene rings is 1.